The molecule has 0 saturated carbocycles. The van der Waals surface area contributed by atoms with Crippen LogP contribution in [0.3, 0.4) is 0 Å². The molecular formula is H2CuN4. The Bertz CT molecular complexity index is 41.6. The van der Waals surface area contributed by atoms with Gasteiger partial charge in [-0.25, -0.2) is 0 Å². The van der Waals surface area contributed by atoms with Gasteiger partial charge in [0.15, 0.2) is 0 Å². The van der Waals surface area contributed by atoms with Gasteiger partial charge in [-0.05, 0) is 5.22 Å². The maximum Gasteiger partial charge on any atom is 0 e. The molecule has 0 heterocycles. The summed E-state index contributed by atoms with van der Waals surface area (Å²) in [6, 6.07) is 0. The third-order valence-electron chi connectivity index (χ3n) is 0.0516. The van der Waals surface area contributed by atoms with Gasteiger partial charge in [0.25, 0.3) is 0 Å². The molecule has 0 saturated heterocycles. The fourth-order valence-electron chi connectivity index (χ4n) is 0. The van der Waals surface area contributed by atoms with E-state index in [1.165, 1.54) is 0 Å². The Balaban J connectivity index is 0. The van der Waals surface area contributed by atoms with Gasteiger partial charge in [-0.3, -0.25) is 5.84 Å². The number of hydrogen-bond acceptors (Lipinski definition) is 1. The molecule has 0 aromatic rings. The van der Waals surface area contributed by atoms with Crippen LogP contribution in [0.2, 0.25) is 0 Å². The van der Waals surface area contributed by atoms with Crippen molar-refractivity contribution in [2.24, 2.45) is 11.1 Å². The molecule has 5 heteroatoms. The van der Waals surface area contributed by atoms with Crippen LogP contribution in [0.25, 0.3) is 10.4 Å². The van der Waals surface area contributed by atoms with E-state index in [0.29, 0.717) is 0 Å². The average molecular weight is 122 g/mol. The molecule has 0 aliphatic heterocycles. The van der Waals surface area contributed by atoms with E-state index in [0.717, 1.165) is 0 Å². The summed E-state index contributed by atoms with van der Waals surface area (Å²) in [6.45, 7) is 0. The van der Waals surface area contributed by atoms with Gasteiger partial charge in [-0.2, -0.15) is 4.91 Å². The first kappa shape index (κ1) is 8.82. The molecule has 0 aromatic carbocycles. The molecular weight excluding hydrogens is 120 g/mol. The standard InChI is InChI=1S/Cu.H2N4/c;1-3-4-2/h;1H2. The minimum atomic E-state index is 0. The summed E-state index contributed by atoms with van der Waals surface area (Å²) in [7, 11) is 0. The Hall–Kier alpha value is -0.371. The second-order valence-electron chi connectivity index (χ2n) is 0.205. The van der Waals surface area contributed by atoms with E-state index in [-0.39, 0.29) is 17.1 Å². The van der Waals surface area contributed by atoms with Gasteiger partial charge < -0.3 is 0 Å². The Kier molecular flexibility index (Phi) is 16.7. The maximum absolute atomic E-state index is 7.21. The molecule has 1 radical (unpaired) electrons. The summed E-state index contributed by atoms with van der Waals surface area (Å²) in [6.07, 6.45) is 0. The fourth-order valence-corrected chi connectivity index (χ4v) is 0. The van der Waals surface area contributed by atoms with E-state index in [4.69, 9.17) is 5.53 Å². The molecule has 0 spiro atoms. The van der Waals surface area contributed by atoms with E-state index in [2.05, 4.69) is 16.0 Å². The van der Waals surface area contributed by atoms with Crippen LogP contribution in [0.1, 0.15) is 0 Å². The van der Waals surface area contributed by atoms with Crippen LogP contribution in [0.15, 0.2) is 5.22 Å². The van der Waals surface area contributed by atoms with Crippen molar-refractivity contribution in [2.75, 3.05) is 0 Å². The molecule has 0 fully saturated rings. The van der Waals surface area contributed by atoms with Gasteiger partial charge in [-0.1, -0.05) is 0 Å². The number of nitrogens with two attached hydrogens (primary N) is 1. The van der Waals surface area contributed by atoms with Crippen molar-refractivity contribution in [3.8, 4) is 0 Å². The van der Waals surface area contributed by atoms with E-state index in [9.17, 15) is 0 Å². The Morgan fingerprint density at radius 2 is 2.00 bits per heavy atom. The molecule has 0 aliphatic rings. The van der Waals surface area contributed by atoms with Gasteiger partial charge in [0, 0.05) is 17.1 Å². The zero-order chi connectivity index (χ0) is 3.41. The van der Waals surface area contributed by atoms with Crippen LogP contribution in [-0.4, -0.2) is 0 Å². The SMILES string of the molecule is [Cu].[N-]=[N+]=NN. The molecule has 33 valence electrons. The Labute approximate surface area is 39.4 Å². The molecule has 0 rings (SSSR count). The Morgan fingerprint density at radius 3 is 2.00 bits per heavy atom. The molecule has 4 nitrogen and oxygen atoms in total. The van der Waals surface area contributed by atoms with Crippen LogP contribution in [0, 0.1) is 0 Å². The first-order chi connectivity index (χ1) is 1.91. The quantitative estimate of drug-likeness (QED) is 0.122. The van der Waals surface area contributed by atoms with E-state index in [1.807, 2.05) is 0 Å². The summed E-state index contributed by atoms with van der Waals surface area (Å²) in [5, 5.41) is 2.42. The van der Waals surface area contributed by atoms with Crippen molar-refractivity contribution in [2.45, 2.75) is 0 Å². The van der Waals surface area contributed by atoms with E-state index >= 15 is 0 Å². The third kappa shape index (κ3) is 24.3. The molecule has 0 aromatic heterocycles. The minimum Gasteiger partial charge on any atom is -0.274 e. The first-order valence-electron chi connectivity index (χ1n) is 0.658. The van der Waals surface area contributed by atoms with Gasteiger partial charge in [0.2, 0.25) is 0 Å². The summed E-state index contributed by atoms with van der Waals surface area (Å²) in [4.78, 5) is 2.14. The van der Waals surface area contributed by atoms with Gasteiger partial charge in [0.05, 0.1) is 0 Å². The molecule has 0 amide bonds. The largest absolute Gasteiger partial charge is 0.274 e. The summed E-state index contributed by atoms with van der Waals surface area (Å²) in [5.74, 6) is 4.24. The fraction of sp³-hybridized carbons (Fsp3) is 0. The normalized spacial score (nSPS) is 3.20. The summed E-state index contributed by atoms with van der Waals surface area (Å²) < 4.78 is 0. The van der Waals surface area contributed by atoms with Crippen molar-refractivity contribution in [1.82, 2.24) is 0 Å². The predicted octanol–water partition coefficient (Wildman–Crippen LogP) is 0.168. The second-order valence-corrected chi connectivity index (χ2v) is 0.205. The van der Waals surface area contributed by atoms with Crippen molar-refractivity contribution in [3.63, 3.8) is 0 Å². The second kappa shape index (κ2) is 9.45. The zero-order valence-electron chi connectivity index (χ0n) is 2.22. The van der Waals surface area contributed by atoms with Crippen molar-refractivity contribution in [3.05, 3.63) is 10.4 Å². The third-order valence-corrected chi connectivity index (χ3v) is 0.0516. The van der Waals surface area contributed by atoms with Crippen LogP contribution in [-0.2, 0) is 17.1 Å². The summed E-state index contributed by atoms with van der Waals surface area (Å²) >= 11 is 0. The molecule has 0 aliphatic carbocycles. The van der Waals surface area contributed by atoms with Crippen LogP contribution >= 0.6 is 0 Å². The number of azide groups is 1. The smallest absolute Gasteiger partial charge is 0 e. The number of nitrogens with zero attached hydrogens (tertiary/aromatic N) is 3. The first-order valence-corrected chi connectivity index (χ1v) is 0.658. The Morgan fingerprint density at radius 1 is 1.80 bits per heavy atom. The van der Waals surface area contributed by atoms with Crippen molar-refractivity contribution < 1.29 is 17.1 Å². The van der Waals surface area contributed by atoms with Crippen LogP contribution < -0.4 is 5.84 Å². The molecule has 0 unspecified atom stereocenters. The van der Waals surface area contributed by atoms with Crippen molar-refractivity contribution >= 4 is 0 Å². The predicted molar refractivity (Wildman–Crippen MR) is 13.3 cm³/mol. The van der Waals surface area contributed by atoms with Crippen LogP contribution in [0.5, 0.6) is 0 Å². The number of hydrogen-bond donors (Lipinski definition) is 1. The molecule has 2 N–H and O–H groups in total. The zero-order valence-corrected chi connectivity index (χ0v) is 3.16. The maximum atomic E-state index is 7.21. The molecule has 5 heavy (non-hydrogen) atoms. The average Bonchev–Trinajstić information content (AvgIpc) is 1.37. The van der Waals surface area contributed by atoms with Gasteiger partial charge in [0.1, 0.15) is 0 Å². The minimum absolute atomic E-state index is 0. The summed E-state index contributed by atoms with van der Waals surface area (Å²) in [5.41, 5.74) is 7.21. The molecule has 0 atom stereocenters. The van der Waals surface area contributed by atoms with Gasteiger partial charge in [-0.15, -0.1) is 5.53 Å². The van der Waals surface area contributed by atoms with E-state index < -0.39 is 0 Å². The number of rotatable bonds is 0. The molecule has 0 bridgehead atoms. The monoisotopic (exact) mass is 121 g/mol. The van der Waals surface area contributed by atoms with Crippen LogP contribution in [0.4, 0.5) is 0 Å². The van der Waals surface area contributed by atoms with Crippen molar-refractivity contribution in [1.29, 1.82) is 0 Å². The van der Waals surface area contributed by atoms with Gasteiger partial charge >= 0.3 is 0 Å². The van der Waals surface area contributed by atoms with E-state index in [1.54, 1.807) is 0 Å². The topological polar surface area (TPSA) is 74.8 Å².